The number of ketones is 1. The van der Waals surface area contributed by atoms with Crippen molar-refractivity contribution in [1.29, 1.82) is 0 Å². The van der Waals surface area contributed by atoms with Gasteiger partial charge in [-0.25, -0.2) is 0 Å². The monoisotopic (exact) mass is 275 g/mol. The maximum atomic E-state index is 12.0. The van der Waals surface area contributed by atoms with E-state index in [1.54, 1.807) is 0 Å². The second kappa shape index (κ2) is 7.22. The highest BCUT2D eigenvalue weighted by atomic mass is 16.2. The summed E-state index contributed by atoms with van der Waals surface area (Å²) in [5.74, 6) is 0.0382. The van der Waals surface area contributed by atoms with Crippen LogP contribution in [0.1, 0.15) is 39.7 Å². The lowest BCUT2D eigenvalue weighted by Crippen LogP contribution is -2.40. The summed E-state index contributed by atoms with van der Waals surface area (Å²) in [6.45, 7) is 7.89. The molecule has 1 amide bonds. The second-order valence-corrected chi connectivity index (χ2v) is 6.17. The number of hydrogen-bond donors (Lipinski definition) is 1. The minimum atomic E-state index is -0.424. The molecule has 110 valence electrons. The van der Waals surface area contributed by atoms with Crippen LogP contribution in [-0.2, 0) is 16.0 Å². The minimum Gasteiger partial charge on any atom is -0.355 e. The highest BCUT2D eigenvalue weighted by molar-refractivity contribution is 5.84. The Balaban J connectivity index is 2.66. The smallest absolute Gasteiger partial charge is 0.225 e. The first-order chi connectivity index (χ1) is 9.34. The molecule has 1 aromatic rings. The zero-order valence-corrected chi connectivity index (χ0v) is 12.9. The van der Waals surface area contributed by atoms with Crippen molar-refractivity contribution in [2.75, 3.05) is 6.54 Å². The third-order valence-electron chi connectivity index (χ3n) is 3.32. The van der Waals surface area contributed by atoms with Crippen molar-refractivity contribution in [2.24, 2.45) is 11.3 Å². The van der Waals surface area contributed by atoms with Gasteiger partial charge in [-0.3, -0.25) is 9.59 Å². The van der Waals surface area contributed by atoms with Gasteiger partial charge in [0.2, 0.25) is 5.91 Å². The molecule has 0 aliphatic carbocycles. The van der Waals surface area contributed by atoms with Crippen LogP contribution >= 0.6 is 0 Å². The first-order valence-corrected chi connectivity index (χ1v) is 7.19. The first-order valence-electron chi connectivity index (χ1n) is 7.19. The zero-order chi connectivity index (χ0) is 15.2. The number of carbonyl (C=O) groups is 2. The largest absolute Gasteiger partial charge is 0.355 e. The lowest BCUT2D eigenvalue weighted by atomic mass is 9.92. The average molecular weight is 275 g/mol. The molecular formula is C17H25NO2. The Labute approximate surface area is 121 Å². The molecule has 0 aromatic heterocycles. The second-order valence-electron chi connectivity index (χ2n) is 6.17. The fraction of sp³-hybridized carbons (Fsp3) is 0.529. The van der Waals surface area contributed by atoms with E-state index in [0.29, 0.717) is 19.4 Å². The minimum absolute atomic E-state index is 0.0144. The molecule has 0 saturated carbocycles. The van der Waals surface area contributed by atoms with Crippen molar-refractivity contribution in [1.82, 2.24) is 5.32 Å². The van der Waals surface area contributed by atoms with E-state index in [2.05, 4.69) is 5.32 Å². The van der Waals surface area contributed by atoms with Gasteiger partial charge in [0, 0.05) is 24.3 Å². The van der Waals surface area contributed by atoms with Crippen LogP contribution in [0, 0.1) is 11.3 Å². The quantitative estimate of drug-likeness (QED) is 0.867. The van der Waals surface area contributed by atoms with E-state index < -0.39 is 5.41 Å². The summed E-state index contributed by atoms with van der Waals surface area (Å²) in [6.07, 6.45) is 1.18. The van der Waals surface area contributed by atoms with Crippen LogP contribution < -0.4 is 5.32 Å². The highest BCUT2D eigenvalue weighted by Crippen LogP contribution is 2.14. The van der Waals surface area contributed by atoms with Crippen molar-refractivity contribution in [3.05, 3.63) is 35.9 Å². The van der Waals surface area contributed by atoms with Gasteiger partial charge in [-0.05, 0) is 12.0 Å². The summed E-state index contributed by atoms with van der Waals surface area (Å²) in [7, 11) is 0. The molecule has 0 bridgehead atoms. The standard InChI is InChI=1S/C17H25NO2/c1-5-15(19)14(11-13-9-7-6-8-10-13)12-18-16(20)17(2,3)4/h6-10,14H,5,11-12H2,1-4H3,(H,18,20)/t14-/m1/s1. The van der Waals surface area contributed by atoms with Crippen molar-refractivity contribution in [3.63, 3.8) is 0 Å². The number of hydrogen-bond acceptors (Lipinski definition) is 2. The predicted octanol–water partition coefficient (Wildman–Crippen LogP) is 2.99. The maximum Gasteiger partial charge on any atom is 0.225 e. The molecule has 1 N–H and O–H groups in total. The fourth-order valence-electron chi connectivity index (χ4n) is 1.97. The molecule has 1 aromatic carbocycles. The summed E-state index contributed by atoms with van der Waals surface area (Å²) in [4.78, 5) is 23.9. The predicted molar refractivity (Wildman–Crippen MR) is 81.4 cm³/mol. The van der Waals surface area contributed by atoms with Crippen LogP contribution in [0.4, 0.5) is 0 Å². The number of rotatable bonds is 6. The van der Waals surface area contributed by atoms with E-state index in [9.17, 15) is 9.59 Å². The molecule has 0 fully saturated rings. The summed E-state index contributed by atoms with van der Waals surface area (Å²) in [5, 5.41) is 2.90. The molecule has 0 saturated heterocycles. The van der Waals surface area contributed by atoms with Gasteiger partial charge in [0.25, 0.3) is 0 Å². The molecule has 0 unspecified atom stereocenters. The third-order valence-corrected chi connectivity index (χ3v) is 3.32. The van der Waals surface area contributed by atoms with Gasteiger partial charge in [0.15, 0.2) is 0 Å². The molecule has 0 aliphatic rings. The Morgan fingerprint density at radius 1 is 1.15 bits per heavy atom. The molecule has 0 spiro atoms. The van der Waals surface area contributed by atoms with Crippen LogP contribution in [0.3, 0.4) is 0 Å². The van der Waals surface area contributed by atoms with E-state index in [4.69, 9.17) is 0 Å². The van der Waals surface area contributed by atoms with Crippen LogP contribution in [0.15, 0.2) is 30.3 Å². The van der Waals surface area contributed by atoms with Gasteiger partial charge >= 0.3 is 0 Å². The van der Waals surface area contributed by atoms with E-state index in [-0.39, 0.29) is 17.6 Å². The maximum absolute atomic E-state index is 12.0. The molecule has 3 heteroatoms. The molecule has 20 heavy (non-hydrogen) atoms. The van der Waals surface area contributed by atoms with Gasteiger partial charge in [-0.15, -0.1) is 0 Å². The van der Waals surface area contributed by atoms with Crippen LogP contribution in [-0.4, -0.2) is 18.2 Å². The van der Waals surface area contributed by atoms with E-state index in [0.717, 1.165) is 5.56 Å². The summed E-state index contributed by atoms with van der Waals surface area (Å²) >= 11 is 0. The Kier molecular flexibility index (Phi) is 5.93. The number of benzene rings is 1. The van der Waals surface area contributed by atoms with E-state index in [1.807, 2.05) is 58.0 Å². The van der Waals surface area contributed by atoms with Crippen LogP contribution in [0.25, 0.3) is 0 Å². The zero-order valence-electron chi connectivity index (χ0n) is 12.9. The fourth-order valence-corrected chi connectivity index (χ4v) is 1.97. The molecule has 1 atom stereocenters. The van der Waals surface area contributed by atoms with Crippen LogP contribution in [0.2, 0.25) is 0 Å². The van der Waals surface area contributed by atoms with E-state index >= 15 is 0 Å². The van der Waals surface area contributed by atoms with Gasteiger partial charge in [-0.1, -0.05) is 58.0 Å². The highest BCUT2D eigenvalue weighted by Gasteiger charge is 2.24. The molecule has 1 rings (SSSR count). The lowest BCUT2D eigenvalue weighted by Gasteiger charge is -2.21. The van der Waals surface area contributed by atoms with Gasteiger partial charge in [0.1, 0.15) is 5.78 Å². The summed E-state index contributed by atoms with van der Waals surface area (Å²) < 4.78 is 0. The van der Waals surface area contributed by atoms with Gasteiger partial charge < -0.3 is 5.32 Å². The van der Waals surface area contributed by atoms with Crippen molar-refractivity contribution in [3.8, 4) is 0 Å². The average Bonchev–Trinajstić information content (AvgIpc) is 2.42. The number of Topliss-reactive ketones (excluding diaryl/α,β-unsaturated/α-hetero) is 1. The van der Waals surface area contributed by atoms with Crippen molar-refractivity contribution < 1.29 is 9.59 Å². The molecule has 3 nitrogen and oxygen atoms in total. The van der Waals surface area contributed by atoms with Gasteiger partial charge in [-0.2, -0.15) is 0 Å². The number of nitrogens with one attached hydrogen (secondary N) is 1. The Bertz CT molecular complexity index is 446. The topological polar surface area (TPSA) is 46.2 Å². The third kappa shape index (κ3) is 5.16. The van der Waals surface area contributed by atoms with Crippen LogP contribution in [0.5, 0.6) is 0 Å². The SMILES string of the molecule is CCC(=O)[C@@H](CNC(=O)C(C)(C)C)Cc1ccccc1. The molecule has 0 aliphatic heterocycles. The summed E-state index contributed by atoms with van der Waals surface area (Å²) in [5.41, 5.74) is 0.705. The molecular weight excluding hydrogens is 250 g/mol. The van der Waals surface area contributed by atoms with Gasteiger partial charge in [0.05, 0.1) is 0 Å². The van der Waals surface area contributed by atoms with Crippen molar-refractivity contribution in [2.45, 2.75) is 40.5 Å². The summed E-state index contributed by atoms with van der Waals surface area (Å²) in [6, 6.07) is 9.93. The Morgan fingerprint density at radius 3 is 2.25 bits per heavy atom. The molecule has 0 radical (unpaired) electrons. The number of carbonyl (C=O) groups excluding carboxylic acids is 2. The normalized spacial score (nSPS) is 12.8. The molecule has 0 heterocycles. The number of amides is 1. The van der Waals surface area contributed by atoms with Crippen molar-refractivity contribution >= 4 is 11.7 Å². The van der Waals surface area contributed by atoms with E-state index in [1.165, 1.54) is 0 Å². The Hall–Kier alpha value is -1.64. The lowest BCUT2D eigenvalue weighted by molar-refractivity contribution is -0.129. The Morgan fingerprint density at radius 2 is 1.75 bits per heavy atom. The first kappa shape index (κ1) is 16.4.